The molecule has 0 spiro atoms. The van der Waals surface area contributed by atoms with E-state index < -0.39 is 0 Å². The van der Waals surface area contributed by atoms with E-state index in [1.54, 1.807) is 0 Å². The number of esters is 1. The van der Waals surface area contributed by atoms with Gasteiger partial charge in [0.1, 0.15) is 6.54 Å². The SMILES string of the molecule is Cc1c(Cl)cccc1NCC(=O)OC(C)C. The number of ether oxygens (including phenoxy) is 1. The summed E-state index contributed by atoms with van der Waals surface area (Å²) in [5, 5.41) is 3.68. The molecule has 0 heterocycles. The molecule has 0 amide bonds. The normalized spacial score (nSPS) is 10.3. The number of hydrogen-bond acceptors (Lipinski definition) is 3. The van der Waals surface area contributed by atoms with Gasteiger partial charge in [-0.05, 0) is 38.5 Å². The number of halogens is 1. The number of hydrogen-bond donors (Lipinski definition) is 1. The van der Waals surface area contributed by atoms with Gasteiger partial charge in [0.2, 0.25) is 0 Å². The molecule has 1 aromatic rings. The first-order chi connectivity index (χ1) is 7.50. The summed E-state index contributed by atoms with van der Waals surface area (Å²) in [6, 6.07) is 5.53. The zero-order valence-corrected chi connectivity index (χ0v) is 10.5. The van der Waals surface area contributed by atoms with Gasteiger partial charge in [-0.2, -0.15) is 0 Å². The third kappa shape index (κ3) is 3.74. The molecule has 0 saturated heterocycles. The fraction of sp³-hybridized carbons (Fsp3) is 0.417. The van der Waals surface area contributed by atoms with Crippen LogP contribution < -0.4 is 5.32 Å². The molecule has 1 aromatic carbocycles. The Morgan fingerprint density at radius 1 is 1.50 bits per heavy atom. The summed E-state index contributed by atoms with van der Waals surface area (Å²) in [7, 11) is 0. The number of rotatable bonds is 4. The first-order valence-corrected chi connectivity index (χ1v) is 5.57. The van der Waals surface area contributed by atoms with E-state index in [4.69, 9.17) is 16.3 Å². The van der Waals surface area contributed by atoms with Crippen LogP contribution >= 0.6 is 11.6 Å². The maximum atomic E-state index is 11.3. The molecule has 0 aliphatic heterocycles. The first-order valence-electron chi connectivity index (χ1n) is 5.19. The van der Waals surface area contributed by atoms with Crippen LogP contribution in [0.1, 0.15) is 19.4 Å². The van der Waals surface area contributed by atoms with Gasteiger partial charge in [-0.25, -0.2) is 0 Å². The van der Waals surface area contributed by atoms with Crippen molar-refractivity contribution >= 4 is 23.3 Å². The fourth-order valence-electron chi connectivity index (χ4n) is 1.27. The molecule has 0 bridgehead atoms. The third-order valence-electron chi connectivity index (χ3n) is 2.06. The molecule has 0 saturated carbocycles. The highest BCUT2D eigenvalue weighted by molar-refractivity contribution is 6.31. The Morgan fingerprint density at radius 2 is 2.19 bits per heavy atom. The molecule has 1 N–H and O–H groups in total. The van der Waals surface area contributed by atoms with Gasteiger partial charge in [0.05, 0.1) is 6.10 Å². The molecule has 88 valence electrons. The van der Waals surface area contributed by atoms with E-state index in [1.165, 1.54) is 0 Å². The van der Waals surface area contributed by atoms with Gasteiger partial charge < -0.3 is 10.1 Å². The van der Waals surface area contributed by atoms with E-state index in [-0.39, 0.29) is 18.6 Å². The zero-order valence-electron chi connectivity index (χ0n) is 9.71. The highest BCUT2D eigenvalue weighted by Gasteiger charge is 2.07. The molecule has 0 fully saturated rings. The molecule has 3 nitrogen and oxygen atoms in total. The Balaban J connectivity index is 2.55. The maximum absolute atomic E-state index is 11.3. The minimum absolute atomic E-state index is 0.0882. The molecular weight excluding hydrogens is 226 g/mol. The van der Waals surface area contributed by atoms with E-state index in [1.807, 2.05) is 39.0 Å². The van der Waals surface area contributed by atoms with Crippen molar-refractivity contribution < 1.29 is 9.53 Å². The van der Waals surface area contributed by atoms with Crippen LogP contribution in [-0.2, 0) is 9.53 Å². The Kier molecular flexibility index (Phi) is 4.62. The maximum Gasteiger partial charge on any atom is 0.325 e. The van der Waals surface area contributed by atoms with Crippen LogP contribution in [-0.4, -0.2) is 18.6 Å². The average Bonchev–Trinajstić information content (AvgIpc) is 2.19. The number of carbonyl (C=O) groups excluding carboxylic acids is 1. The van der Waals surface area contributed by atoms with Crippen LogP contribution in [0.5, 0.6) is 0 Å². The summed E-state index contributed by atoms with van der Waals surface area (Å²) in [6.07, 6.45) is -0.0882. The van der Waals surface area contributed by atoms with Crippen molar-refractivity contribution in [3.63, 3.8) is 0 Å². The van der Waals surface area contributed by atoms with Gasteiger partial charge in [-0.15, -0.1) is 0 Å². The highest BCUT2D eigenvalue weighted by atomic mass is 35.5. The quantitative estimate of drug-likeness (QED) is 0.824. The molecule has 0 atom stereocenters. The van der Waals surface area contributed by atoms with Crippen molar-refractivity contribution in [1.82, 2.24) is 0 Å². The lowest BCUT2D eigenvalue weighted by Gasteiger charge is -2.11. The molecular formula is C12H16ClNO2. The fourth-order valence-corrected chi connectivity index (χ4v) is 1.45. The number of carbonyl (C=O) groups is 1. The molecule has 0 aliphatic carbocycles. The second-order valence-electron chi connectivity index (χ2n) is 3.80. The lowest BCUT2D eigenvalue weighted by Crippen LogP contribution is -2.20. The highest BCUT2D eigenvalue weighted by Crippen LogP contribution is 2.22. The van der Waals surface area contributed by atoms with E-state index in [0.717, 1.165) is 11.3 Å². The largest absolute Gasteiger partial charge is 0.462 e. The molecule has 16 heavy (non-hydrogen) atoms. The van der Waals surface area contributed by atoms with Crippen molar-refractivity contribution in [3.05, 3.63) is 28.8 Å². The van der Waals surface area contributed by atoms with E-state index in [2.05, 4.69) is 5.32 Å². The van der Waals surface area contributed by atoms with E-state index >= 15 is 0 Å². The van der Waals surface area contributed by atoms with Crippen molar-refractivity contribution in [3.8, 4) is 0 Å². The Labute approximate surface area is 101 Å². The van der Waals surface area contributed by atoms with Crippen molar-refractivity contribution in [2.45, 2.75) is 26.9 Å². The number of benzene rings is 1. The summed E-state index contributed by atoms with van der Waals surface area (Å²) in [5.74, 6) is -0.269. The topological polar surface area (TPSA) is 38.3 Å². The molecule has 1 rings (SSSR count). The van der Waals surface area contributed by atoms with Crippen LogP contribution in [0.3, 0.4) is 0 Å². The van der Waals surface area contributed by atoms with Gasteiger partial charge >= 0.3 is 5.97 Å². The summed E-state index contributed by atoms with van der Waals surface area (Å²) in [6.45, 7) is 5.70. The first kappa shape index (κ1) is 12.8. The summed E-state index contributed by atoms with van der Waals surface area (Å²) in [4.78, 5) is 11.3. The predicted octanol–water partition coefficient (Wildman–Crippen LogP) is 3.01. The van der Waals surface area contributed by atoms with Gasteiger partial charge in [-0.3, -0.25) is 4.79 Å². The van der Waals surface area contributed by atoms with Gasteiger partial charge in [0, 0.05) is 10.7 Å². The molecule has 0 aromatic heterocycles. The second-order valence-corrected chi connectivity index (χ2v) is 4.21. The standard InChI is InChI=1S/C12H16ClNO2/c1-8(2)16-12(15)7-14-11-6-4-5-10(13)9(11)3/h4-6,8,14H,7H2,1-3H3. The Bertz CT molecular complexity index is 377. The van der Waals surface area contributed by atoms with Crippen LogP contribution in [0.25, 0.3) is 0 Å². The van der Waals surface area contributed by atoms with Crippen LogP contribution in [0.4, 0.5) is 5.69 Å². The number of nitrogens with one attached hydrogen (secondary N) is 1. The molecule has 0 radical (unpaired) electrons. The predicted molar refractivity (Wildman–Crippen MR) is 65.9 cm³/mol. The summed E-state index contributed by atoms with van der Waals surface area (Å²) in [5.41, 5.74) is 1.79. The lowest BCUT2D eigenvalue weighted by atomic mass is 10.2. The number of anilines is 1. The van der Waals surface area contributed by atoms with Crippen molar-refractivity contribution in [2.75, 3.05) is 11.9 Å². The van der Waals surface area contributed by atoms with E-state index in [0.29, 0.717) is 5.02 Å². The minimum atomic E-state index is -0.269. The lowest BCUT2D eigenvalue weighted by molar-refractivity contribution is -0.145. The van der Waals surface area contributed by atoms with Crippen molar-refractivity contribution in [2.24, 2.45) is 0 Å². The summed E-state index contributed by atoms with van der Waals surface area (Å²) >= 11 is 5.96. The molecule has 4 heteroatoms. The Morgan fingerprint density at radius 3 is 2.81 bits per heavy atom. The third-order valence-corrected chi connectivity index (χ3v) is 2.47. The minimum Gasteiger partial charge on any atom is -0.462 e. The monoisotopic (exact) mass is 241 g/mol. The van der Waals surface area contributed by atoms with Crippen LogP contribution in [0.15, 0.2) is 18.2 Å². The summed E-state index contributed by atoms with van der Waals surface area (Å²) < 4.78 is 5.01. The molecule has 0 unspecified atom stereocenters. The van der Waals surface area contributed by atoms with Gasteiger partial charge in [0.15, 0.2) is 0 Å². The van der Waals surface area contributed by atoms with Gasteiger partial charge in [-0.1, -0.05) is 17.7 Å². The van der Waals surface area contributed by atoms with Crippen molar-refractivity contribution in [1.29, 1.82) is 0 Å². The average molecular weight is 242 g/mol. The Hall–Kier alpha value is -1.22. The smallest absolute Gasteiger partial charge is 0.325 e. The van der Waals surface area contributed by atoms with E-state index in [9.17, 15) is 4.79 Å². The second kappa shape index (κ2) is 5.75. The van der Waals surface area contributed by atoms with Gasteiger partial charge in [0.25, 0.3) is 0 Å². The van der Waals surface area contributed by atoms with Crippen LogP contribution in [0, 0.1) is 6.92 Å². The zero-order chi connectivity index (χ0) is 12.1. The molecule has 0 aliphatic rings. The van der Waals surface area contributed by atoms with Crippen LogP contribution in [0.2, 0.25) is 5.02 Å².